The van der Waals surface area contributed by atoms with Gasteiger partial charge in [-0.2, -0.15) is 0 Å². The van der Waals surface area contributed by atoms with Crippen molar-refractivity contribution in [3.63, 3.8) is 0 Å². The van der Waals surface area contributed by atoms with Crippen LogP contribution in [0.2, 0.25) is 0 Å². The van der Waals surface area contributed by atoms with Crippen molar-refractivity contribution in [3.05, 3.63) is 58.6 Å². The maximum Gasteiger partial charge on any atom is 0.0253 e. The van der Waals surface area contributed by atoms with Gasteiger partial charge in [-0.25, -0.2) is 0 Å². The van der Waals surface area contributed by atoms with E-state index < -0.39 is 0 Å². The van der Waals surface area contributed by atoms with Crippen LogP contribution in [0.15, 0.2) is 53.0 Å². The first-order chi connectivity index (χ1) is 7.31. The summed E-state index contributed by atoms with van der Waals surface area (Å²) in [4.78, 5) is 0. The monoisotopic (exact) mass is 261 g/mol. The number of halogens is 1. The van der Waals surface area contributed by atoms with E-state index >= 15 is 0 Å². The van der Waals surface area contributed by atoms with Gasteiger partial charge in [0.25, 0.3) is 0 Å². The zero-order valence-corrected chi connectivity index (χ0v) is 9.87. The van der Waals surface area contributed by atoms with Gasteiger partial charge in [-0.1, -0.05) is 52.3 Å². The third-order valence-corrected chi connectivity index (χ3v) is 3.04. The molecule has 0 aromatic heterocycles. The molecule has 2 heteroatoms. The highest BCUT2D eigenvalue weighted by molar-refractivity contribution is 9.10. The summed E-state index contributed by atoms with van der Waals surface area (Å²) >= 11 is 3.56. The van der Waals surface area contributed by atoms with Crippen molar-refractivity contribution in [2.45, 2.75) is 6.54 Å². The second kappa shape index (κ2) is 4.60. The third kappa shape index (κ3) is 2.28. The zero-order valence-electron chi connectivity index (χ0n) is 8.28. The van der Waals surface area contributed by atoms with E-state index in [9.17, 15) is 0 Å². The molecule has 0 aliphatic carbocycles. The SMILES string of the molecule is NCc1ccc(Br)c(-c2ccccc2)c1. The zero-order chi connectivity index (χ0) is 10.7. The highest BCUT2D eigenvalue weighted by Gasteiger charge is 2.02. The maximum atomic E-state index is 5.63. The number of benzene rings is 2. The van der Waals surface area contributed by atoms with Gasteiger partial charge in [-0.05, 0) is 28.8 Å². The molecule has 0 saturated heterocycles. The topological polar surface area (TPSA) is 26.0 Å². The largest absolute Gasteiger partial charge is 0.326 e. The molecule has 0 amide bonds. The summed E-state index contributed by atoms with van der Waals surface area (Å²) in [6.07, 6.45) is 0. The Hall–Kier alpha value is -1.12. The molecule has 0 saturated carbocycles. The minimum atomic E-state index is 0.577. The molecule has 15 heavy (non-hydrogen) atoms. The summed E-state index contributed by atoms with van der Waals surface area (Å²) in [5.74, 6) is 0. The summed E-state index contributed by atoms with van der Waals surface area (Å²) in [5.41, 5.74) is 9.18. The normalized spacial score (nSPS) is 10.3. The van der Waals surface area contributed by atoms with Crippen LogP contribution in [0.4, 0.5) is 0 Å². The van der Waals surface area contributed by atoms with Crippen LogP contribution in [0.1, 0.15) is 5.56 Å². The summed E-state index contributed by atoms with van der Waals surface area (Å²) in [6.45, 7) is 0.577. The Labute approximate surface area is 98.1 Å². The van der Waals surface area contributed by atoms with E-state index in [0.29, 0.717) is 6.54 Å². The van der Waals surface area contributed by atoms with Gasteiger partial charge in [-0.3, -0.25) is 0 Å². The highest BCUT2D eigenvalue weighted by atomic mass is 79.9. The van der Waals surface area contributed by atoms with Crippen molar-refractivity contribution in [2.24, 2.45) is 5.73 Å². The molecule has 0 spiro atoms. The van der Waals surface area contributed by atoms with Crippen LogP contribution in [0.5, 0.6) is 0 Å². The molecule has 0 atom stereocenters. The van der Waals surface area contributed by atoms with Crippen LogP contribution in [0.25, 0.3) is 11.1 Å². The van der Waals surface area contributed by atoms with E-state index in [-0.39, 0.29) is 0 Å². The first-order valence-electron chi connectivity index (χ1n) is 4.85. The lowest BCUT2D eigenvalue weighted by Crippen LogP contribution is -1.96. The molecular formula is C13H12BrN. The summed E-state index contributed by atoms with van der Waals surface area (Å²) in [6, 6.07) is 16.5. The van der Waals surface area contributed by atoms with E-state index in [2.05, 4.69) is 34.1 Å². The molecular weight excluding hydrogens is 250 g/mol. The quantitative estimate of drug-likeness (QED) is 0.879. The Morgan fingerprint density at radius 2 is 1.73 bits per heavy atom. The van der Waals surface area contributed by atoms with Gasteiger partial charge in [0.15, 0.2) is 0 Å². The van der Waals surface area contributed by atoms with Crippen LogP contribution in [-0.4, -0.2) is 0 Å². The second-order valence-corrected chi connectivity index (χ2v) is 4.24. The molecule has 0 fully saturated rings. The molecule has 76 valence electrons. The minimum absolute atomic E-state index is 0.577. The number of rotatable bonds is 2. The van der Waals surface area contributed by atoms with Crippen molar-refractivity contribution in [2.75, 3.05) is 0 Å². The van der Waals surface area contributed by atoms with Crippen LogP contribution >= 0.6 is 15.9 Å². The molecule has 0 unspecified atom stereocenters. The van der Waals surface area contributed by atoms with Gasteiger partial charge in [-0.15, -0.1) is 0 Å². The molecule has 2 aromatic carbocycles. The Bertz CT molecular complexity index is 451. The minimum Gasteiger partial charge on any atom is -0.326 e. The lowest BCUT2D eigenvalue weighted by molar-refractivity contribution is 1.07. The molecule has 1 nitrogen and oxygen atoms in total. The van der Waals surface area contributed by atoms with E-state index in [4.69, 9.17) is 5.73 Å². The highest BCUT2D eigenvalue weighted by Crippen LogP contribution is 2.28. The average Bonchev–Trinajstić information content (AvgIpc) is 2.31. The first-order valence-corrected chi connectivity index (χ1v) is 5.64. The lowest BCUT2D eigenvalue weighted by atomic mass is 10.0. The summed E-state index contributed by atoms with van der Waals surface area (Å²) < 4.78 is 1.10. The van der Waals surface area contributed by atoms with Crippen molar-refractivity contribution in [3.8, 4) is 11.1 Å². The maximum absolute atomic E-state index is 5.63. The van der Waals surface area contributed by atoms with Crippen LogP contribution in [0, 0.1) is 0 Å². The molecule has 2 aromatic rings. The van der Waals surface area contributed by atoms with E-state index in [0.717, 1.165) is 10.0 Å². The molecule has 0 radical (unpaired) electrons. The second-order valence-electron chi connectivity index (χ2n) is 3.38. The van der Waals surface area contributed by atoms with Gasteiger partial charge in [0.1, 0.15) is 0 Å². The van der Waals surface area contributed by atoms with Crippen LogP contribution in [0.3, 0.4) is 0 Å². The van der Waals surface area contributed by atoms with Crippen molar-refractivity contribution < 1.29 is 0 Å². The van der Waals surface area contributed by atoms with Crippen LogP contribution < -0.4 is 5.73 Å². The van der Waals surface area contributed by atoms with Crippen molar-refractivity contribution in [1.29, 1.82) is 0 Å². The van der Waals surface area contributed by atoms with E-state index in [1.807, 2.05) is 30.3 Å². The summed E-state index contributed by atoms with van der Waals surface area (Å²) in [5, 5.41) is 0. The predicted octanol–water partition coefficient (Wildman–Crippen LogP) is 3.57. The van der Waals surface area contributed by atoms with Gasteiger partial charge >= 0.3 is 0 Å². The summed E-state index contributed by atoms with van der Waals surface area (Å²) in [7, 11) is 0. The fourth-order valence-electron chi connectivity index (χ4n) is 1.54. The molecule has 0 bridgehead atoms. The number of hydrogen-bond donors (Lipinski definition) is 1. The third-order valence-electron chi connectivity index (χ3n) is 2.35. The van der Waals surface area contributed by atoms with Gasteiger partial charge in [0.05, 0.1) is 0 Å². The predicted molar refractivity (Wildman–Crippen MR) is 67.5 cm³/mol. The smallest absolute Gasteiger partial charge is 0.0253 e. The molecule has 0 heterocycles. The van der Waals surface area contributed by atoms with E-state index in [1.54, 1.807) is 0 Å². The Morgan fingerprint density at radius 1 is 1.00 bits per heavy atom. The average molecular weight is 262 g/mol. The molecule has 2 N–H and O–H groups in total. The Morgan fingerprint density at radius 3 is 2.40 bits per heavy atom. The van der Waals surface area contributed by atoms with E-state index in [1.165, 1.54) is 11.1 Å². The standard InChI is InChI=1S/C13H12BrN/c14-13-7-6-10(9-15)8-12(13)11-4-2-1-3-5-11/h1-8H,9,15H2. The van der Waals surface area contributed by atoms with Gasteiger partial charge < -0.3 is 5.73 Å². The molecule has 2 rings (SSSR count). The van der Waals surface area contributed by atoms with Crippen molar-refractivity contribution >= 4 is 15.9 Å². The van der Waals surface area contributed by atoms with Crippen molar-refractivity contribution in [1.82, 2.24) is 0 Å². The number of nitrogens with two attached hydrogens (primary N) is 1. The Kier molecular flexibility index (Phi) is 3.19. The number of hydrogen-bond acceptors (Lipinski definition) is 1. The fourth-order valence-corrected chi connectivity index (χ4v) is 2.01. The van der Waals surface area contributed by atoms with Gasteiger partial charge in [0.2, 0.25) is 0 Å². The Balaban J connectivity index is 2.52. The van der Waals surface area contributed by atoms with Gasteiger partial charge in [0, 0.05) is 11.0 Å². The lowest BCUT2D eigenvalue weighted by Gasteiger charge is -2.06. The molecule has 0 aliphatic heterocycles. The molecule has 0 aliphatic rings. The first kappa shape index (κ1) is 10.4. The van der Waals surface area contributed by atoms with Crippen LogP contribution in [-0.2, 0) is 6.54 Å². The fraction of sp³-hybridized carbons (Fsp3) is 0.0769.